The molecule has 166 valence electrons. The highest BCUT2D eigenvalue weighted by Crippen LogP contribution is 2.27. The maximum Gasteiger partial charge on any atom is 0.319 e. The highest BCUT2D eigenvalue weighted by Gasteiger charge is 2.27. The number of urea groups is 1. The Hall–Kier alpha value is -3.95. The molecule has 1 aliphatic heterocycles. The average molecular weight is 439 g/mol. The molecule has 2 aromatic carbocycles. The van der Waals surface area contributed by atoms with E-state index in [-0.39, 0.29) is 28.8 Å². The lowest BCUT2D eigenvalue weighted by Crippen LogP contribution is -2.53. The zero-order valence-electron chi connectivity index (χ0n) is 17.7. The minimum atomic E-state index is -0.673. The smallest absolute Gasteiger partial charge is 0.319 e. The lowest BCUT2D eigenvalue weighted by Gasteiger charge is -2.36. The molecule has 0 spiro atoms. The molecule has 3 amide bonds. The van der Waals surface area contributed by atoms with E-state index in [9.17, 15) is 18.8 Å². The number of carbonyl (C=O) groups is 2. The predicted octanol–water partition coefficient (Wildman–Crippen LogP) is 2.29. The number of hydrogen-bond donors (Lipinski definition) is 1. The lowest BCUT2D eigenvalue weighted by atomic mass is 10.1. The number of benzene rings is 2. The van der Waals surface area contributed by atoms with Gasteiger partial charge in [0.25, 0.3) is 11.5 Å². The molecule has 1 fully saturated rings. The molecule has 0 bridgehead atoms. The molecule has 3 aromatic rings. The van der Waals surface area contributed by atoms with Crippen LogP contribution in [0.1, 0.15) is 10.4 Å². The molecule has 9 nitrogen and oxygen atoms in total. The number of piperazine rings is 1. The Bertz CT molecular complexity index is 1230. The van der Waals surface area contributed by atoms with Gasteiger partial charge in [0.1, 0.15) is 11.6 Å². The fraction of sp³-hybridized carbons (Fsp3) is 0.273. The Morgan fingerprint density at radius 3 is 2.38 bits per heavy atom. The van der Waals surface area contributed by atoms with Crippen molar-refractivity contribution in [3.63, 3.8) is 0 Å². The number of nitrogens with zero attached hydrogens (tertiary/aromatic N) is 4. The molecular weight excluding hydrogens is 417 g/mol. The highest BCUT2D eigenvalue weighted by atomic mass is 19.1. The molecule has 1 saturated heterocycles. The van der Waals surface area contributed by atoms with Gasteiger partial charge in [-0.25, -0.2) is 14.3 Å². The van der Waals surface area contributed by atoms with E-state index >= 15 is 0 Å². The van der Waals surface area contributed by atoms with E-state index in [1.807, 2.05) is 0 Å². The second-order valence-electron chi connectivity index (χ2n) is 7.60. The van der Waals surface area contributed by atoms with Gasteiger partial charge in [-0.3, -0.25) is 9.59 Å². The van der Waals surface area contributed by atoms with Crippen LogP contribution in [-0.2, 0) is 0 Å². The summed E-state index contributed by atoms with van der Waals surface area (Å²) in [7, 11) is 3.34. The van der Waals surface area contributed by atoms with Crippen LogP contribution in [0.4, 0.5) is 9.18 Å². The lowest BCUT2D eigenvalue weighted by molar-refractivity contribution is 0.0645. The monoisotopic (exact) mass is 439 g/mol. The van der Waals surface area contributed by atoms with Crippen LogP contribution in [0.3, 0.4) is 0 Å². The fourth-order valence-electron chi connectivity index (χ4n) is 3.56. The van der Waals surface area contributed by atoms with Gasteiger partial charge in [0, 0.05) is 40.3 Å². The molecule has 0 unspecified atom stereocenters. The number of H-pyrrole nitrogens is 1. The molecule has 1 aromatic heterocycles. The molecule has 0 atom stereocenters. The molecule has 0 saturated carbocycles. The summed E-state index contributed by atoms with van der Waals surface area (Å²) in [5.41, 5.74) is -0.488. The van der Waals surface area contributed by atoms with Crippen LogP contribution in [0.2, 0.25) is 0 Å². The van der Waals surface area contributed by atoms with Crippen LogP contribution in [0.25, 0.3) is 10.8 Å². The molecule has 10 heteroatoms. The first-order valence-electron chi connectivity index (χ1n) is 10.1. The summed E-state index contributed by atoms with van der Waals surface area (Å²) in [4.78, 5) is 41.6. The summed E-state index contributed by atoms with van der Waals surface area (Å²) in [5.74, 6) is -0.806. The maximum atomic E-state index is 14.5. The number of halogens is 1. The third-order valence-electron chi connectivity index (χ3n) is 5.26. The number of ether oxygens (including phenoxy) is 1. The third-order valence-corrected chi connectivity index (χ3v) is 5.26. The molecule has 2 heterocycles. The van der Waals surface area contributed by atoms with Crippen molar-refractivity contribution in [1.82, 2.24) is 24.9 Å². The first-order chi connectivity index (χ1) is 15.3. The summed E-state index contributed by atoms with van der Waals surface area (Å²) in [5, 5.41) is 7.21. The van der Waals surface area contributed by atoms with E-state index < -0.39 is 11.7 Å². The second kappa shape index (κ2) is 8.66. The van der Waals surface area contributed by atoms with Crippen molar-refractivity contribution >= 4 is 22.7 Å². The number of aromatic amines is 1. The Morgan fingerprint density at radius 2 is 1.69 bits per heavy atom. The topological polar surface area (TPSA) is 98.8 Å². The Morgan fingerprint density at radius 1 is 1.03 bits per heavy atom. The quantitative estimate of drug-likeness (QED) is 0.675. The minimum Gasteiger partial charge on any atom is -0.437 e. The van der Waals surface area contributed by atoms with Gasteiger partial charge in [-0.05, 0) is 30.3 Å². The number of fused-ring (bicyclic) bond motifs is 1. The van der Waals surface area contributed by atoms with E-state index in [4.69, 9.17) is 4.74 Å². The van der Waals surface area contributed by atoms with Crippen LogP contribution in [0.15, 0.2) is 47.3 Å². The predicted molar refractivity (Wildman–Crippen MR) is 115 cm³/mol. The van der Waals surface area contributed by atoms with Gasteiger partial charge in [-0.15, -0.1) is 5.10 Å². The van der Waals surface area contributed by atoms with Gasteiger partial charge in [0.05, 0.1) is 16.3 Å². The van der Waals surface area contributed by atoms with Gasteiger partial charge < -0.3 is 19.4 Å². The van der Waals surface area contributed by atoms with Crippen molar-refractivity contribution in [1.29, 1.82) is 0 Å². The number of rotatable bonds is 3. The number of amides is 3. The Balaban J connectivity index is 1.54. The average Bonchev–Trinajstić information content (AvgIpc) is 2.81. The molecular formula is C22H22FN5O4. The number of carbonyl (C=O) groups excluding carboxylic acids is 2. The van der Waals surface area contributed by atoms with Crippen molar-refractivity contribution in [3.05, 3.63) is 64.2 Å². The largest absolute Gasteiger partial charge is 0.437 e. The zero-order valence-corrected chi connectivity index (χ0v) is 17.7. The number of nitrogens with one attached hydrogen (secondary N) is 1. The summed E-state index contributed by atoms with van der Waals surface area (Å²) in [6.07, 6.45) is 0. The SMILES string of the molecule is CN(C)C(=O)N1CCN(C(=O)c2cc(Oc3n[nH]c(=O)c4ccccc34)ccc2F)CC1. The van der Waals surface area contributed by atoms with Crippen molar-refractivity contribution in [2.45, 2.75) is 0 Å². The van der Waals surface area contributed by atoms with E-state index in [1.165, 1.54) is 21.9 Å². The molecule has 1 N–H and O–H groups in total. The Kier molecular flexibility index (Phi) is 5.76. The number of hydrogen-bond acceptors (Lipinski definition) is 5. The van der Waals surface area contributed by atoms with Gasteiger partial charge in [0.15, 0.2) is 0 Å². The van der Waals surface area contributed by atoms with Crippen molar-refractivity contribution in [2.75, 3.05) is 40.3 Å². The summed E-state index contributed by atoms with van der Waals surface area (Å²) in [6.45, 7) is 1.34. The van der Waals surface area contributed by atoms with Crippen LogP contribution in [0.5, 0.6) is 11.6 Å². The number of aromatic nitrogens is 2. The molecule has 32 heavy (non-hydrogen) atoms. The maximum absolute atomic E-state index is 14.5. The zero-order chi connectivity index (χ0) is 22.8. The molecule has 0 aliphatic carbocycles. The molecule has 0 radical (unpaired) electrons. The van der Waals surface area contributed by atoms with Gasteiger partial charge in [-0.2, -0.15) is 0 Å². The minimum absolute atomic E-state index is 0.126. The van der Waals surface area contributed by atoms with Crippen LogP contribution >= 0.6 is 0 Å². The third kappa shape index (κ3) is 4.11. The normalized spacial score (nSPS) is 13.8. The second-order valence-corrected chi connectivity index (χ2v) is 7.60. The van der Waals surface area contributed by atoms with Crippen molar-refractivity contribution in [2.24, 2.45) is 0 Å². The van der Waals surface area contributed by atoms with E-state index in [1.54, 1.807) is 43.3 Å². The summed E-state index contributed by atoms with van der Waals surface area (Å²) < 4.78 is 20.3. The molecule has 4 rings (SSSR count). The highest BCUT2D eigenvalue weighted by molar-refractivity contribution is 5.95. The standard InChI is InChI=1S/C22H22FN5O4/c1-26(2)22(31)28-11-9-27(10-12-28)21(30)17-13-14(7-8-18(17)23)32-20-16-6-4-3-5-15(16)19(29)24-25-20/h3-8,13H,9-12H2,1-2H3,(H,24,29). The first kappa shape index (κ1) is 21.3. The van der Waals surface area contributed by atoms with E-state index in [0.717, 1.165) is 6.07 Å². The fourth-order valence-corrected chi connectivity index (χ4v) is 3.56. The first-order valence-corrected chi connectivity index (χ1v) is 10.1. The van der Waals surface area contributed by atoms with Gasteiger partial charge in [-0.1, -0.05) is 12.1 Å². The Labute approximate surface area is 183 Å². The van der Waals surface area contributed by atoms with E-state index in [2.05, 4.69) is 10.2 Å². The van der Waals surface area contributed by atoms with E-state index in [0.29, 0.717) is 37.0 Å². The van der Waals surface area contributed by atoms with Gasteiger partial charge >= 0.3 is 6.03 Å². The van der Waals surface area contributed by atoms with Crippen LogP contribution in [-0.4, -0.2) is 77.1 Å². The molecule has 1 aliphatic rings. The summed E-state index contributed by atoms with van der Waals surface area (Å²) >= 11 is 0. The van der Waals surface area contributed by atoms with Crippen LogP contribution < -0.4 is 10.3 Å². The van der Waals surface area contributed by atoms with Crippen LogP contribution in [0, 0.1) is 5.82 Å². The van der Waals surface area contributed by atoms with Crippen molar-refractivity contribution < 1.29 is 18.7 Å². The van der Waals surface area contributed by atoms with Gasteiger partial charge in [0.2, 0.25) is 5.88 Å². The van der Waals surface area contributed by atoms with Crippen molar-refractivity contribution in [3.8, 4) is 11.6 Å². The summed E-state index contributed by atoms with van der Waals surface area (Å²) in [6, 6.07) is 10.5.